The van der Waals surface area contributed by atoms with E-state index in [1.165, 1.54) is 19.1 Å². The minimum absolute atomic E-state index is 0.0539. The van der Waals surface area contributed by atoms with Crippen LogP contribution in [0.25, 0.3) is 5.76 Å². The largest absolute Gasteiger partial charge is 0.507 e. The van der Waals surface area contributed by atoms with Gasteiger partial charge in [-0.3, -0.25) is 14.5 Å². The van der Waals surface area contributed by atoms with Crippen molar-refractivity contribution in [1.82, 2.24) is 0 Å². The minimum Gasteiger partial charge on any atom is -0.507 e. The first-order valence-electron chi connectivity index (χ1n) is 12.3. The quantitative estimate of drug-likeness (QED) is 0.171. The molecule has 0 bridgehead atoms. The molecule has 0 spiro atoms. The molecule has 0 aromatic heterocycles. The van der Waals surface area contributed by atoms with Crippen LogP contribution in [0.2, 0.25) is 0 Å². The lowest BCUT2D eigenvalue weighted by molar-refractivity contribution is -0.132. The summed E-state index contributed by atoms with van der Waals surface area (Å²) in [6, 6.07) is 27.7. The van der Waals surface area contributed by atoms with E-state index in [1.54, 1.807) is 48.5 Å². The Kier molecular flexibility index (Phi) is 7.06. The molecule has 1 aliphatic rings. The number of aryl methyl sites for hydroxylation is 1. The fourth-order valence-corrected chi connectivity index (χ4v) is 4.70. The van der Waals surface area contributed by atoms with Crippen LogP contribution < -0.4 is 19.1 Å². The van der Waals surface area contributed by atoms with Crippen LogP contribution in [0.15, 0.2) is 103 Å². The Morgan fingerprint density at radius 2 is 1.51 bits per heavy atom. The maximum Gasteiger partial charge on any atom is 0.300 e. The van der Waals surface area contributed by atoms with E-state index in [1.807, 2.05) is 55.5 Å². The zero-order valence-electron chi connectivity index (χ0n) is 21.8. The summed E-state index contributed by atoms with van der Waals surface area (Å²) in [5.41, 5.74) is 2.27. The van der Waals surface area contributed by atoms with Gasteiger partial charge in [0, 0.05) is 11.8 Å². The van der Waals surface area contributed by atoms with Gasteiger partial charge in [-0.2, -0.15) is 0 Å². The first kappa shape index (κ1) is 25.6. The van der Waals surface area contributed by atoms with Crippen molar-refractivity contribution in [2.24, 2.45) is 0 Å². The smallest absolute Gasteiger partial charge is 0.300 e. The highest BCUT2D eigenvalue weighted by atomic mass is 16.5. The van der Waals surface area contributed by atoms with E-state index in [2.05, 4.69) is 0 Å². The molecule has 1 amide bonds. The third-order valence-corrected chi connectivity index (χ3v) is 6.54. The fourth-order valence-electron chi connectivity index (χ4n) is 4.70. The lowest BCUT2D eigenvalue weighted by Gasteiger charge is -2.26. The number of hydrogen-bond donors (Lipinski definition) is 1. The monoisotopic (exact) mass is 521 g/mol. The molecule has 4 aromatic carbocycles. The van der Waals surface area contributed by atoms with Crippen LogP contribution in [0.3, 0.4) is 0 Å². The highest BCUT2D eigenvalue weighted by Gasteiger charge is 2.47. The number of para-hydroxylation sites is 1. The maximum atomic E-state index is 13.6. The van der Waals surface area contributed by atoms with E-state index in [4.69, 9.17) is 14.2 Å². The van der Waals surface area contributed by atoms with Crippen LogP contribution in [0, 0.1) is 6.92 Å². The summed E-state index contributed by atoms with van der Waals surface area (Å²) < 4.78 is 16.8. The second-order valence-corrected chi connectivity index (χ2v) is 9.06. The summed E-state index contributed by atoms with van der Waals surface area (Å²) in [6.45, 7) is 1.91. The molecule has 0 radical (unpaired) electrons. The summed E-state index contributed by atoms with van der Waals surface area (Å²) >= 11 is 0. The molecule has 1 heterocycles. The molecule has 0 aliphatic carbocycles. The molecule has 5 rings (SSSR count). The number of methoxy groups -OCH3 is 2. The Labute approximate surface area is 226 Å². The molecule has 1 atom stereocenters. The van der Waals surface area contributed by atoms with Crippen molar-refractivity contribution in [3.63, 3.8) is 0 Å². The molecule has 196 valence electrons. The molecule has 39 heavy (non-hydrogen) atoms. The van der Waals surface area contributed by atoms with Crippen LogP contribution in [0.4, 0.5) is 5.69 Å². The Hall–Kier alpha value is -5.04. The van der Waals surface area contributed by atoms with Crippen LogP contribution in [-0.4, -0.2) is 31.0 Å². The standard InChI is InChI=1S/C32H27NO6/c1-20-9-7-11-22(17-20)33-29(21-10-8-14-25(18-21)39-23-12-5-4-6-13-23)28(31(35)32(33)36)30(34)26-16-15-24(37-2)19-27(26)38-3/h4-19,29,34H,1-3H3/b30-28+. The highest BCUT2D eigenvalue weighted by Crippen LogP contribution is 2.44. The molecule has 1 fully saturated rings. The lowest BCUT2D eigenvalue weighted by atomic mass is 9.94. The lowest BCUT2D eigenvalue weighted by Crippen LogP contribution is -2.29. The number of amides is 1. The number of anilines is 1. The molecule has 1 unspecified atom stereocenters. The molecule has 4 aromatic rings. The van der Waals surface area contributed by atoms with Gasteiger partial charge in [-0.1, -0.05) is 42.5 Å². The Morgan fingerprint density at radius 3 is 2.23 bits per heavy atom. The van der Waals surface area contributed by atoms with Crippen molar-refractivity contribution in [3.05, 3.63) is 119 Å². The number of ketones is 1. The SMILES string of the molecule is COc1ccc(/C(O)=C2\C(=O)C(=O)N(c3cccc(C)c3)C2c2cccc(Oc3ccccc3)c2)c(OC)c1. The third-order valence-electron chi connectivity index (χ3n) is 6.54. The van der Waals surface area contributed by atoms with Gasteiger partial charge in [0.2, 0.25) is 0 Å². The van der Waals surface area contributed by atoms with Crippen LogP contribution in [-0.2, 0) is 9.59 Å². The number of carbonyl (C=O) groups excluding carboxylic acids is 2. The van der Waals surface area contributed by atoms with Crippen molar-refractivity contribution >= 4 is 23.1 Å². The molecular formula is C32H27NO6. The summed E-state index contributed by atoms with van der Waals surface area (Å²) in [6.07, 6.45) is 0. The van der Waals surface area contributed by atoms with Gasteiger partial charge in [0.1, 0.15) is 28.8 Å². The van der Waals surface area contributed by atoms with Crippen molar-refractivity contribution in [2.45, 2.75) is 13.0 Å². The summed E-state index contributed by atoms with van der Waals surface area (Å²) in [4.78, 5) is 28.5. The second kappa shape index (κ2) is 10.8. The molecule has 1 saturated heterocycles. The number of hydrogen-bond acceptors (Lipinski definition) is 6. The van der Waals surface area contributed by atoms with E-state index in [0.29, 0.717) is 34.2 Å². The van der Waals surface area contributed by atoms with E-state index >= 15 is 0 Å². The van der Waals surface area contributed by atoms with Gasteiger partial charge >= 0.3 is 0 Å². The van der Waals surface area contributed by atoms with Gasteiger partial charge in [-0.15, -0.1) is 0 Å². The van der Waals surface area contributed by atoms with Crippen molar-refractivity contribution in [2.75, 3.05) is 19.1 Å². The fraction of sp³-hybridized carbons (Fsp3) is 0.125. The average molecular weight is 522 g/mol. The Morgan fingerprint density at radius 1 is 0.769 bits per heavy atom. The van der Waals surface area contributed by atoms with Crippen molar-refractivity contribution < 1.29 is 28.9 Å². The zero-order chi connectivity index (χ0) is 27.5. The molecule has 7 nitrogen and oxygen atoms in total. The molecular weight excluding hydrogens is 494 g/mol. The topological polar surface area (TPSA) is 85.3 Å². The second-order valence-electron chi connectivity index (χ2n) is 9.06. The molecule has 0 saturated carbocycles. The van der Waals surface area contributed by atoms with E-state index in [0.717, 1.165) is 5.56 Å². The van der Waals surface area contributed by atoms with E-state index in [9.17, 15) is 14.7 Å². The summed E-state index contributed by atoms with van der Waals surface area (Å²) in [5.74, 6) is 0.1000. The van der Waals surface area contributed by atoms with E-state index < -0.39 is 17.7 Å². The predicted octanol–water partition coefficient (Wildman–Crippen LogP) is 6.43. The number of rotatable bonds is 7. The Balaban J connectivity index is 1.70. The number of Topliss-reactive ketones (excluding diaryl/α,β-unsaturated/α-hetero) is 1. The van der Waals surface area contributed by atoms with Gasteiger partial charge in [0.15, 0.2) is 0 Å². The minimum atomic E-state index is -0.919. The van der Waals surface area contributed by atoms with Gasteiger partial charge < -0.3 is 19.3 Å². The number of nitrogens with zero attached hydrogens (tertiary/aromatic N) is 1. The van der Waals surface area contributed by atoms with Crippen LogP contribution >= 0.6 is 0 Å². The number of aliphatic hydroxyl groups excluding tert-OH is 1. The molecule has 1 N–H and O–H groups in total. The normalized spacial score (nSPS) is 16.3. The first-order valence-corrected chi connectivity index (χ1v) is 12.3. The van der Waals surface area contributed by atoms with Crippen LogP contribution in [0.5, 0.6) is 23.0 Å². The number of benzene rings is 4. The summed E-state index contributed by atoms with van der Waals surface area (Å²) in [7, 11) is 2.98. The molecule has 7 heteroatoms. The van der Waals surface area contributed by atoms with E-state index in [-0.39, 0.29) is 16.9 Å². The molecule has 1 aliphatic heterocycles. The number of carbonyl (C=O) groups is 2. The summed E-state index contributed by atoms with van der Waals surface area (Å²) in [5, 5.41) is 11.6. The van der Waals surface area contributed by atoms with Gasteiger partial charge in [-0.05, 0) is 66.6 Å². The predicted molar refractivity (Wildman–Crippen MR) is 148 cm³/mol. The average Bonchev–Trinajstić information content (AvgIpc) is 3.23. The first-order chi connectivity index (χ1) is 18.9. The van der Waals surface area contributed by atoms with Gasteiger partial charge in [0.25, 0.3) is 11.7 Å². The third kappa shape index (κ3) is 4.94. The number of ether oxygens (including phenoxy) is 3. The number of aliphatic hydroxyl groups is 1. The van der Waals surface area contributed by atoms with Crippen molar-refractivity contribution in [3.8, 4) is 23.0 Å². The van der Waals surface area contributed by atoms with Gasteiger partial charge in [0.05, 0.1) is 31.4 Å². The Bertz CT molecular complexity index is 1580. The van der Waals surface area contributed by atoms with Crippen LogP contribution in [0.1, 0.15) is 22.7 Å². The zero-order valence-corrected chi connectivity index (χ0v) is 21.8. The van der Waals surface area contributed by atoms with Gasteiger partial charge in [-0.25, -0.2) is 0 Å². The highest BCUT2D eigenvalue weighted by molar-refractivity contribution is 6.51. The maximum absolute atomic E-state index is 13.6. The van der Waals surface area contributed by atoms with Crippen molar-refractivity contribution in [1.29, 1.82) is 0 Å².